The molecule has 0 saturated carbocycles. The number of rotatable bonds is 8. The van der Waals surface area contributed by atoms with Crippen LogP contribution in [0.15, 0.2) is 41.5 Å². The fourth-order valence-electron chi connectivity index (χ4n) is 3.17. The number of benzene rings is 1. The lowest BCUT2D eigenvalue weighted by atomic mass is 10.1. The van der Waals surface area contributed by atoms with E-state index in [0.717, 1.165) is 0 Å². The first-order valence-electron chi connectivity index (χ1n) is 9.50. The average Bonchev–Trinajstić information content (AvgIpc) is 3.15. The molecule has 3 rings (SSSR count). The fraction of sp³-hybridized carbons (Fsp3) is 0.333. The number of carbonyl (C=O) groups is 1. The normalized spacial score (nSPS) is 11.6. The molecule has 0 bridgehead atoms. The number of imidazole rings is 1. The van der Waals surface area contributed by atoms with E-state index in [1.54, 1.807) is 24.3 Å². The first-order valence-corrected chi connectivity index (χ1v) is 9.88. The van der Waals surface area contributed by atoms with Crippen molar-refractivity contribution in [1.29, 1.82) is 5.26 Å². The van der Waals surface area contributed by atoms with Crippen LogP contribution in [0, 0.1) is 11.3 Å². The number of carbonyl (C=O) groups excluding carboxylic acids is 1. The van der Waals surface area contributed by atoms with E-state index in [1.807, 2.05) is 6.07 Å². The van der Waals surface area contributed by atoms with Gasteiger partial charge in [0, 0.05) is 60.8 Å². The molecule has 6 nitrogen and oxygen atoms in total. The number of hydrogen-bond donors (Lipinski definition) is 0. The van der Waals surface area contributed by atoms with E-state index in [9.17, 15) is 22.8 Å². The van der Waals surface area contributed by atoms with Crippen molar-refractivity contribution in [3.05, 3.63) is 57.6 Å². The summed E-state index contributed by atoms with van der Waals surface area (Å²) >= 11 is 5.90. The highest BCUT2D eigenvalue weighted by Gasteiger charge is 2.26. The van der Waals surface area contributed by atoms with Crippen LogP contribution in [0.4, 0.5) is 13.2 Å². The fourth-order valence-corrected chi connectivity index (χ4v) is 3.30. The van der Waals surface area contributed by atoms with Crippen molar-refractivity contribution >= 4 is 23.2 Å². The molecule has 3 aromatic rings. The monoisotopic (exact) mass is 450 g/mol. The van der Waals surface area contributed by atoms with E-state index in [1.165, 1.54) is 21.4 Å². The highest BCUT2D eigenvalue weighted by Crippen LogP contribution is 2.23. The molecule has 0 saturated heterocycles. The topological polar surface area (TPSA) is 80.2 Å². The van der Waals surface area contributed by atoms with Crippen molar-refractivity contribution in [2.24, 2.45) is 0 Å². The Hall–Kier alpha value is -3.12. The molecule has 0 atom stereocenters. The Bertz CT molecular complexity index is 1190. The molecule has 0 aliphatic carbocycles. The van der Waals surface area contributed by atoms with Gasteiger partial charge in [0.2, 0.25) is 5.78 Å². The molecule has 0 N–H and O–H groups in total. The van der Waals surface area contributed by atoms with E-state index in [2.05, 4.69) is 4.98 Å². The quantitative estimate of drug-likeness (QED) is 0.503. The maximum atomic E-state index is 12.9. The second-order valence-corrected chi connectivity index (χ2v) is 7.48. The summed E-state index contributed by atoms with van der Waals surface area (Å²) in [5.41, 5.74) is 0.801. The third kappa shape index (κ3) is 5.73. The molecule has 0 fully saturated rings. The zero-order valence-corrected chi connectivity index (χ0v) is 17.1. The summed E-state index contributed by atoms with van der Waals surface area (Å²) in [6.07, 6.45) is -2.77. The zero-order valence-electron chi connectivity index (χ0n) is 16.3. The molecule has 0 spiro atoms. The summed E-state index contributed by atoms with van der Waals surface area (Å²) in [4.78, 5) is 29.4. The number of aromatic nitrogens is 3. The number of ketones is 1. The van der Waals surface area contributed by atoms with Gasteiger partial charge >= 0.3 is 6.18 Å². The van der Waals surface area contributed by atoms with Gasteiger partial charge in [-0.15, -0.1) is 0 Å². The first-order chi connectivity index (χ1) is 14.7. The number of aryl methyl sites for hydroxylation is 1. The molecule has 0 unspecified atom stereocenters. The molecule has 0 aliphatic rings. The molecule has 31 heavy (non-hydrogen) atoms. The highest BCUT2D eigenvalue weighted by molar-refractivity contribution is 6.30. The first kappa shape index (κ1) is 22.6. The lowest BCUT2D eigenvalue weighted by molar-refractivity contribution is -0.135. The Balaban J connectivity index is 2.03. The number of nitriles is 1. The van der Waals surface area contributed by atoms with Gasteiger partial charge in [0.05, 0.1) is 11.8 Å². The van der Waals surface area contributed by atoms with Crippen molar-refractivity contribution in [1.82, 2.24) is 14.0 Å². The van der Waals surface area contributed by atoms with Crippen LogP contribution < -0.4 is 5.56 Å². The molecule has 10 heteroatoms. The van der Waals surface area contributed by atoms with E-state index < -0.39 is 18.2 Å². The van der Waals surface area contributed by atoms with Crippen molar-refractivity contribution in [3.63, 3.8) is 0 Å². The van der Waals surface area contributed by atoms with Crippen LogP contribution in [0.5, 0.6) is 0 Å². The molecular weight excluding hydrogens is 433 g/mol. The SMILES string of the molecule is N#CCCC(=O)Cc1cn(CCCC(F)(F)F)c2nc(-c3ccc(Cl)cc3)cn2c1=O. The molecular formula is C21H18ClF3N4O2. The minimum absolute atomic E-state index is 0.00199. The van der Waals surface area contributed by atoms with Gasteiger partial charge in [0.15, 0.2) is 0 Å². The lowest BCUT2D eigenvalue weighted by Gasteiger charge is -2.12. The van der Waals surface area contributed by atoms with Gasteiger partial charge < -0.3 is 4.57 Å². The second-order valence-electron chi connectivity index (χ2n) is 7.05. The van der Waals surface area contributed by atoms with Crippen molar-refractivity contribution in [2.45, 2.75) is 44.8 Å². The van der Waals surface area contributed by atoms with Crippen molar-refractivity contribution < 1.29 is 18.0 Å². The number of halogens is 4. The zero-order chi connectivity index (χ0) is 22.6. The number of fused-ring (bicyclic) bond motifs is 1. The van der Waals surface area contributed by atoms with Crippen LogP contribution in [0.1, 0.15) is 31.2 Å². The minimum atomic E-state index is -4.30. The van der Waals surface area contributed by atoms with Crippen LogP contribution in [0.25, 0.3) is 17.0 Å². The maximum absolute atomic E-state index is 12.9. The predicted molar refractivity (Wildman–Crippen MR) is 109 cm³/mol. The summed E-state index contributed by atoms with van der Waals surface area (Å²) in [6, 6.07) is 8.63. The van der Waals surface area contributed by atoms with E-state index >= 15 is 0 Å². The van der Waals surface area contributed by atoms with Crippen LogP contribution in [0.3, 0.4) is 0 Å². The van der Waals surface area contributed by atoms with Gasteiger partial charge in [0.25, 0.3) is 5.56 Å². The van der Waals surface area contributed by atoms with Crippen molar-refractivity contribution in [2.75, 3.05) is 0 Å². The standard InChI is InChI=1S/C21H18ClF3N4O2/c22-16-6-4-14(5-7-16)18-13-29-19(31)15(11-17(30)3-1-9-26)12-28(20(29)27-18)10-2-8-21(23,24)25/h4-7,12-13H,1-3,8,10-11H2. The Kier molecular flexibility index (Phi) is 6.81. The van der Waals surface area contributed by atoms with Crippen LogP contribution in [0.2, 0.25) is 5.02 Å². The molecule has 162 valence electrons. The molecule has 1 aromatic carbocycles. The summed E-state index contributed by atoms with van der Waals surface area (Å²) < 4.78 is 40.5. The van der Waals surface area contributed by atoms with Gasteiger partial charge in [-0.1, -0.05) is 23.7 Å². The summed E-state index contributed by atoms with van der Waals surface area (Å²) in [5.74, 6) is -0.108. The third-order valence-electron chi connectivity index (χ3n) is 4.65. The lowest BCUT2D eigenvalue weighted by Crippen LogP contribution is -2.24. The van der Waals surface area contributed by atoms with Gasteiger partial charge in [-0.25, -0.2) is 4.98 Å². The minimum Gasteiger partial charge on any atom is -0.318 e. The number of hydrogen-bond acceptors (Lipinski definition) is 4. The Morgan fingerprint density at radius 2 is 1.90 bits per heavy atom. The van der Waals surface area contributed by atoms with Gasteiger partial charge in [-0.3, -0.25) is 14.0 Å². The Labute approximate surface area is 180 Å². The maximum Gasteiger partial charge on any atom is 0.389 e. The Morgan fingerprint density at radius 3 is 2.55 bits per heavy atom. The van der Waals surface area contributed by atoms with E-state index in [4.69, 9.17) is 16.9 Å². The smallest absolute Gasteiger partial charge is 0.318 e. The molecule has 2 heterocycles. The summed E-state index contributed by atoms with van der Waals surface area (Å²) in [6.45, 7) is -0.0280. The van der Waals surface area contributed by atoms with Gasteiger partial charge in [-0.2, -0.15) is 18.4 Å². The summed E-state index contributed by atoms with van der Waals surface area (Å²) in [5, 5.41) is 9.16. The number of alkyl halides is 3. The predicted octanol–water partition coefficient (Wildman–Crippen LogP) is 4.57. The number of nitrogens with zero attached hydrogens (tertiary/aromatic N) is 4. The van der Waals surface area contributed by atoms with E-state index in [0.29, 0.717) is 16.3 Å². The number of Topliss-reactive ketones (excluding diaryl/α,β-unsaturated/α-hetero) is 1. The molecule has 0 amide bonds. The third-order valence-corrected chi connectivity index (χ3v) is 4.90. The van der Waals surface area contributed by atoms with Crippen LogP contribution in [-0.4, -0.2) is 25.9 Å². The second kappa shape index (κ2) is 9.35. The van der Waals surface area contributed by atoms with Gasteiger partial charge in [0.1, 0.15) is 5.78 Å². The largest absolute Gasteiger partial charge is 0.389 e. The van der Waals surface area contributed by atoms with Gasteiger partial charge in [-0.05, 0) is 18.6 Å². The highest BCUT2D eigenvalue weighted by atomic mass is 35.5. The van der Waals surface area contributed by atoms with E-state index in [-0.39, 0.29) is 49.4 Å². The average molecular weight is 451 g/mol. The molecule has 0 aliphatic heterocycles. The molecule has 2 aromatic heterocycles. The van der Waals surface area contributed by atoms with Crippen LogP contribution in [-0.2, 0) is 17.8 Å². The van der Waals surface area contributed by atoms with Crippen molar-refractivity contribution in [3.8, 4) is 17.3 Å². The summed E-state index contributed by atoms with van der Waals surface area (Å²) in [7, 11) is 0. The van der Waals surface area contributed by atoms with Crippen LogP contribution >= 0.6 is 11.6 Å². The Morgan fingerprint density at radius 1 is 1.19 bits per heavy atom. The molecule has 0 radical (unpaired) electrons.